The number of nitrogens with zero attached hydrogens (tertiary/aromatic N) is 1. The molecule has 1 saturated heterocycles. The Labute approximate surface area is 105 Å². The zero-order valence-corrected chi connectivity index (χ0v) is 10.2. The number of likely N-dealkylation sites (tertiary alicyclic amines) is 1. The fourth-order valence-electron chi connectivity index (χ4n) is 2.42. The smallest absolute Gasteiger partial charge is 0.229 e. The number of benzene rings is 1. The van der Waals surface area contributed by atoms with Crippen molar-refractivity contribution in [2.24, 2.45) is 0 Å². The normalized spacial score (nSPS) is 16.7. The summed E-state index contributed by atoms with van der Waals surface area (Å²) in [6, 6.07) is 4.62. The van der Waals surface area contributed by atoms with Gasteiger partial charge in [-0.15, -0.1) is 0 Å². The van der Waals surface area contributed by atoms with Crippen LogP contribution in [0.3, 0.4) is 0 Å². The number of aromatic nitrogens is 1. The Morgan fingerprint density at radius 1 is 1.44 bits per heavy atom. The summed E-state index contributed by atoms with van der Waals surface area (Å²) in [6.07, 6.45) is 2.91. The van der Waals surface area contributed by atoms with Crippen LogP contribution in [0.4, 0.5) is 4.39 Å². The van der Waals surface area contributed by atoms with Crippen LogP contribution in [-0.2, 0) is 4.79 Å². The first-order valence-corrected chi connectivity index (χ1v) is 6.22. The molecule has 0 aliphatic carbocycles. The number of aromatic amines is 1. The lowest BCUT2D eigenvalue weighted by Gasteiger charge is -2.33. The van der Waals surface area contributed by atoms with E-state index in [9.17, 15) is 9.18 Å². The molecule has 0 radical (unpaired) electrons. The van der Waals surface area contributed by atoms with Crippen molar-refractivity contribution in [2.45, 2.75) is 19.3 Å². The van der Waals surface area contributed by atoms with Crippen molar-refractivity contribution in [3.8, 4) is 0 Å². The third kappa shape index (κ3) is 1.68. The average Bonchev–Trinajstić information content (AvgIpc) is 2.68. The minimum Gasteiger partial charge on any atom is -0.361 e. The third-order valence-corrected chi connectivity index (χ3v) is 3.68. The van der Waals surface area contributed by atoms with E-state index in [2.05, 4.69) is 4.98 Å². The molecule has 3 rings (SSSR count). The molecule has 3 nitrogen and oxygen atoms in total. The minimum atomic E-state index is -0.266. The summed E-state index contributed by atoms with van der Waals surface area (Å²) in [5.74, 6) is -0.284. The van der Waals surface area contributed by atoms with Gasteiger partial charge in [0.2, 0.25) is 5.91 Å². The Bertz CT molecular complexity index is 601. The van der Waals surface area contributed by atoms with Crippen molar-refractivity contribution in [1.82, 2.24) is 9.88 Å². The van der Waals surface area contributed by atoms with Crippen LogP contribution >= 0.6 is 0 Å². The Morgan fingerprint density at radius 3 is 2.89 bits per heavy atom. The van der Waals surface area contributed by atoms with Gasteiger partial charge < -0.3 is 9.88 Å². The summed E-state index contributed by atoms with van der Waals surface area (Å²) in [5, 5.41) is 0.928. The Kier molecular flexibility index (Phi) is 2.58. The fraction of sp³-hybridized carbons (Fsp3) is 0.357. The van der Waals surface area contributed by atoms with E-state index in [4.69, 9.17) is 0 Å². The SMILES string of the molecule is C[C@@H](C(=O)N1CCC1)c1c[nH]c2cc(F)ccc12. The maximum atomic E-state index is 13.1. The molecule has 18 heavy (non-hydrogen) atoms. The highest BCUT2D eigenvalue weighted by Crippen LogP contribution is 2.28. The lowest BCUT2D eigenvalue weighted by Crippen LogP contribution is -2.44. The van der Waals surface area contributed by atoms with Gasteiger partial charge in [-0.3, -0.25) is 4.79 Å². The van der Waals surface area contributed by atoms with E-state index in [1.807, 2.05) is 18.0 Å². The second kappa shape index (κ2) is 4.12. The molecule has 0 bridgehead atoms. The van der Waals surface area contributed by atoms with Crippen molar-refractivity contribution < 1.29 is 9.18 Å². The number of fused-ring (bicyclic) bond motifs is 1. The molecule has 1 N–H and O–H groups in total. The predicted octanol–water partition coefficient (Wildman–Crippen LogP) is 2.64. The summed E-state index contributed by atoms with van der Waals surface area (Å²) in [4.78, 5) is 17.1. The molecule has 1 aliphatic heterocycles. The van der Waals surface area contributed by atoms with Gasteiger partial charge in [-0.1, -0.05) is 0 Å². The minimum absolute atomic E-state index is 0.159. The number of nitrogens with one attached hydrogen (secondary N) is 1. The molecule has 0 spiro atoms. The lowest BCUT2D eigenvalue weighted by molar-refractivity contribution is -0.135. The number of amides is 1. The van der Waals surface area contributed by atoms with Crippen molar-refractivity contribution in [2.75, 3.05) is 13.1 Å². The predicted molar refractivity (Wildman–Crippen MR) is 67.9 cm³/mol. The Morgan fingerprint density at radius 2 is 2.22 bits per heavy atom. The monoisotopic (exact) mass is 246 g/mol. The molecule has 0 unspecified atom stereocenters. The summed E-state index contributed by atoms with van der Waals surface area (Å²) in [5.41, 5.74) is 1.69. The summed E-state index contributed by atoms with van der Waals surface area (Å²) in [6.45, 7) is 3.63. The summed E-state index contributed by atoms with van der Waals surface area (Å²) in [7, 11) is 0. The first-order valence-electron chi connectivity index (χ1n) is 6.22. The number of H-pyrrole nitrogens is 1. The lowest BCUT2D eigenvalue weighted by atomic mass is 9.97. The summed E-state index contributed by atoms with van der Waals surface area (Å²) >= 11 is 0. The van der Waals surface area contributed by atoms with Crippen molar-refractivity contribution in [3.05, 3.63) is 35.8 Å². The first-order chi connectivity index (χ1) is 8.66. The molecule has 1 atom stereocenters. The van der Waals surface area contributed by atoms with E-state index in [0.717, 1.165) is 36.0 Å². The second-order valence-electron chi connectivity index (χ2n) is 4.83. The molecule has 2 aromatic rings. The van der Waals surface area contributed by atoms with Crippen LogP contribution in [0.15, 0.2) is 24.4 Å². The first kappa shape index (κ1) is 11.3. The number of hydrogen-bond acceptors (Lipinski definition) is 1. The van der Waals surface area contributed by atoms with Gasteiger partial charge in [0.1, 0.15) is 5.82 Å². The second-order valence-corrected chi connectivity index (χ2v) is 4.83. The molecule has 2 heterocycles. The molecule has 94 valence electrons. The number of hydrogen-bond donors (Lipinski definition) is 1. The number of carbonyl (C=O) groups excluding carboxylic acids is 1. The van der Waals surface area contributed by atoms with E-state index in [0.29, 0.717) is 0 Å². The summed E-state index contributed by atoms with van der Waals surface area (Å²) < 4.78 is 13.1. The van der Waals surface area contributed by atoms with E-state index < -0.39 is 0 Å². The van der Waals surface area contributed by atoms with Crippen molar-refractivity contribution >= 4 is 16.8 Å². The molecule has 1 aromatic carbocycles. The zero-order chi connectivity index (χ0) is 12.7. The van der Waals surface area contributed by atoms with Gasteiger partial charge in [-0.05, 0) is 37.1 Å². The molecular weight excluding hydrogens is 231 g/mol. The molecule has 1 amide bonds. The number of carbonyl (C=O) groups is 1. The van der Waals surface area contributed by atoms with Crippen molar-refractivity contribution in [1.29, 1.82) is 0 Å². The topological polar surface area (TPSA) is 36.1 Å². The maximum Gasteiger partial charge on any atom is 0.229 e. The number of halogens is 1. The van der Waals surface area contributed by atoms with E-state index in [1.54, 1.807) is 6.07 Å². The Balaban J connectivity index is 1.95. The highest BCUT2D eigenvalue weighted by atomic mass is 19.1. The van der Waals surface area contributed by atoms with Crippen LogP contribution in [0, 0.1) is 5.82 Å². The highest BCUT2D eigenvalue weighted by molar-refractivity contribution is 5.92. The van der Waals surface area contributed by atoms with Crippen LogP contribution in [0.5, 0.6) is 0 Å². The molecule has 4 heteroatoms. The van der Waals surface area contributed by atoms with Crippen molar-refractivity contribution in [3.63, 3.8) is 0 Å². The Hall–Kier alpha value is -1.84. The van der Waals surface area contributed by atoms with Gasteiger partial charge in [-0.2, -0.15) is 0 Å². The van der Waals surface area contributed by atoms with Gasteiger partial charge in [0.25, 0.3) is 0 Å². The molecular formula is C14H15FN2O. The van der Waals surface area contributed by atoms with Crippen LogP contribution < -0.4 is 0 Å². The molecule has 1 fully saturated rings. The number of rotatable bonds is 2. The maximum absolute atomic E-state index is 13.1. The molecule has 0 saturated carbocycles. The van der Waals surface area contributed by atoms with Crippen LogP contribution in [-0.4, -0.2) is 28.9 Å². The van der Waals surface area contributed by atoms with Crippen LogP contribution in [0.2, 0.25) is 0 Å². The van der Waals surface area contributed by atoms with Gasteiger partial charge in [0.15, 0.2) is 0 Å². The quantitative estimate of drug-likeness (QED) is 0.868. The van der Waals surface area contributed by atoms with Gasteiger partial charge in [0.05, 0.1) is 5.92 Å². The molecule has 1 aromatic heterocycles. The van der Waals surface area contributed by atoms with Gasteiger partial charge in [0, 0.05) is 30.2 Å². The van der Waals surface area contributed by atoms with Crippen LogP contribution in [0.1, 0.15) is 24.8 Å². The standard InChI is InChI=1S/C14H15FN2O/c1-9(14(18)17-5-2-6-17)12-8-16-13-7-10(15)3-4-11(12)13/h3-4,7-9,16H,2,5-6H2,1H3/t9-/m1/s1. The average molecular weight is 246 g/mol. The third-order valence-electron chi connectivity index (χ3n) is 3.68. The van der Waals surface area contributed by atoms with Gasteiger partial charge >= 0.3 is 0 Å². The fourth-order valence-corrected chi connectivity index (χ4v) is 2.42. The van der Waals surface area contributed by atoms with E-state index in [1.165, 1.54) is 12.1 Å². The van der Waals surface area contributed by atoms with E-state index >= 15 is 0 Å². The zero-order valence-electron chi connectivity index (χ0n) is 10.2. The van der Waals surface area contributed by atoms with E-state index in [-0.39, 0.29) is 17.6 Å². The van der Waals surface area contributed by atoms with Gasteiger partial charge in [-0.25, -0.2) is 4.39 Å². The largest absolute Gasteiger partial charge is 0.361 e. The molecule has 1 aliphatic rings. The highest BCUT2D eigenvalue weighted by Gasteiger charge is 2.27. The van der Waals surface area contributed by atoms with Crippen LogP contribution in [0.25, 0.3) is 10.9 Å².